The van der Waals surface area contributed by atoms with Gasteiger partial charge in [0, 0.05) is 17.6 Å². The number of amides is 1. The molecule has 1 amide bonds. The first-order chi connectivity index (χ1) is 9.74. The maximum atomic E-state index is 11.8. The van der Waals surface area contributed by atoms with Gasteiger partial charge in [-0.1, -0.05) is 15.9 Å². The molecule has 21 heavy (non-hydrogen) atoms. The van der Waals surface area contributed by atoms with Crippen LogP contribution in [0.2, 0.25) is 0 Å². The number of hydrogen-bond donors (Lipinski definition) is 2. The van der Waals surface area contributed by atoms with Gasteiger partial charge in [0.15, 0.2) is 0 Å². The Balaban J connectivity index is 1.95. The quantitative estimate of drug-likeness (QED) is 0.799. The van der Waals surface area contributed by atoms with Gasteiger partial charge in [-0.05, 0) is 45.4 Å². The van der Waals surface area contributed by atoms with Crippen molar-refractivity contribution in [2.24, 2.45) is 0 Å². The molecule has 1 aliphatic rings. The molecule has 3 N–H and O–H groups in total. The molecule has 0 radical (unpaired) electrons. The molecule has 1 fully saturated rings. The van der Waals surface area contributed by atoms with E-state index in [2.05, 4.69) is 26.1 Å². The standard InChI is InChI=1S/C15H22BrN3O2/c1-15(2,3)21-14(20)18-11-6-7-19(9-11)13-8-10(16)4-5-12(13)17/h4-5,8,11H,6-7,9,17H2,1-3H3,(H,18,20)/t11-/m0/s1. The predicted molar refractivity (Wildman–Crippen MR) is 88.5 cm³/mol. The van der Waals surface area contributed by atoms with Crippen LogP contribution < -0.4 is 16.0 Å². The highest BCUT2D eigenvalue weighted by molar-refractivity contribution is 9.10. The van der Waals surface area contributed by atoms with E-state index in [9.17, 15) is 4.79 Å². The second-order valence-corrected chi connectivity index (χ2v) is 7.20. The van der Waals surface area contributed by atoms with E-state index >= 15 is 0 Å². The number of ether oxygens (including phenoxy) is 1. The summed E-state index contributed by atoms with van der Waals surface area (Å²) in [6.07, 6.45) is 0.516. The summed E-state index contributed by atoms with van der Waals surface area (Å²) in [6, 6.07) is 5.89. The third-order valence-corrected chi connectivity index (χ3v) is 3.74. The molecular weight excluding hydrogens is 334 g/mol. The van der Waals surface area contributed by atoms with E-state index in [4.69, 9.17) is 10.5 Å². The first kappa shape index (κ1) is 15.9. The lowest BCUT2D eigenvalue weighted by atomic mass is 10.2. The number of nitrogens with zero attached hydrogens (tertiary/aromatic N) is 1. The highest BCUT2D eigenvalue weighted by atomic mass is 79.9. The molecule has 0 spiro atoms. The average molecular weight is 356 g/mol. The molecule has 2 rings (SSSR count). The minimum atomic E-state index is -0.475. The van der Waals surface area contributed by atoms with E-state index in [1.807, 2.05) is 39.0 Å². The molecule has 1 aliphatic heterocycles. The number of carbonyl (C=O) groups excluding carboxylic acids is 1. The van der Waals surface area contributed by atoms with Gasteiger partial charge in [-0.25, -0.2) is 4.79 Å². The number of anilines is 2. The van der Waals surface area contributed by atoms with Crippen LogP contribution in [0.15, 0.2) is 22.7 Å². The zero-order valence-electron chi connectivity index (χ0n) is 12.6. The molecule has 5 nitrogen and oxygen atoms in total. The monoisotopic (exact) mass is 355 g/mol. The average Bonchev–Trinajstić information content (AvgIpc) is 2.78. The van der Waals surface area contributed by atoms with Crippen LogP contribution in [0.5, 0.6) is 0 Å². The van der Waals surface area contributed by atoms with E-state index in [0.717, 1.165) is 35.4 Å². The number of nitrogens with two attached hydrogens (primary N) is 1. The van der Waals surface area contributed by atoms with E-state index in [-0.39, 0.29) is 12.1 Å². The number of benzene rings is 1. The number of carbonyl (C=O) groups is 1. The topological polar surface area (TPSA) is 67.6 Å². The number of alkyl carbamates (subject to hydrolysis) is 1. The van der Waals surface area contributed by atoms with Crippen molar-refractivity contribution in [1.29, 1.82) is 0 Å². The summed E-state index contributed by atoms with van der Waals surface area (Å²) in [5.74, 6) is 0. The Morgan fingerprint density at radius 2 is 2.19 bits per heavy atom. The third-order valence-electron chi connectivity index (χ3n) is 3.24. The highest BCUT2D eigenvalue weighted by Gasteiger charge is 2.27. The highest BCUT2D eigenvalue weighted by Crippen LogP contribution is 2.29. The first-order valence-electron chi connectivity index (χ1n) is 7.04. The van der Waals surface area contributed by atoms with Crippen molar-refractivity contribution in [3.63, 3.8) is 0 Å². The second-order valence-electron chi connectivity index (χ2n) is 6.28. The molecule has 1 aromatic rings. The molecule has 0 saturated carbocycles. The maximum Gasteiger partial charge on any atom is 0.407 e. The van der Waals surface area contributed by atoms with Gasteiger partial charge < -0.3 is 20.7 Å². The van der Waals surface area contributed by atoms with Gasteiger partial charge in [0.25, 0.3) is 0 Å². The lowest BCUT2D eigenvalue weighted by Crippen LogP contribution is -2.40. The normalized spacial score (nSPS) is 18.7. The number of halogens is 1. The Kier molecular flexibility index (Phi) is 4.66. The fraction of sp³-hybridized carbons (Fsp3) is 0.533. The van der Waals surface area contributed by atoms with Gasteiger partial charge in [-0.3, -0.25) is 0 Å². The molecule has 0 aliphatic carbocycles. The molecular formula is C15H22BrN3O2. The van der Waals surface area contributed by atoms with Crippen LogP contribution in [0.4, 0.5) is 16.2 Å². The zero-order chi connectivity index (χ0) is 15.6. The van der Waals surface area contributed by atoms with Crippen molar-refractivity contribution < 1.29 is 9.53 Å². The Morgan fingerprint density at radius 3 is 2.86 bits per heavy atom. The largest absolute Gasteiger partial charge is 0.444 e. The molecule has 0 unspecified atom stereocenters. The Hall–Kier alpha value is -1.43. The fourth-order valence-corrected chi connectivity index (χ4v) is 2.71. The molecule has 1 atom stereocenters. The molecule has 0 bridgehead atoms. The van der Waals surface area contributed by atoms with Gasteiger partial charge in [-0.15, -0.1) is 0 Å². The zero-order valence-corrected chi connectivity index (χ0v) is 14.2. The third kappa shape index (κ3) is 4.52. The summed E-state index contributed by atoms with van der Waals surface area (Å²) >= 11 is 3.46. The van der Waals surface area contributed by atoms with Gasteiger partial charge in [-0.2, -0.15) is 0 Å². The van der Waals surface area contributed by atoms with Crippen LogP contribution in [0.1, 0.15) is 27.2 Å². The summed E-state index contributed by atoms with van der Waals surface area (Å²) in [6.45, 7) is 7.17. The number of nitrogen functional groups attached to an aromatic ring is 1. The van der Waals surface area contributed by atoms with Gasteiger partial charge >= 0.3 is 6.09 Å². The molecule has 116 valence electrons. The first-order valence-corrected chi connectivity index (χ1v) is 7.83. The minimum Gasteiger partial charge on any atom is -0.444 e. The van der Waals surface area contributed by atoms with Gasteiger partial charge in [0.1, 0.15) is 5.60 Å². The lowest BCUT2D eigenvalue weighted by molar-refractivity contribution is 0.0509. The van der Waals surface area contributed by atoms with E-state index in [1.54, 1.807) is 0 Å². The van der Waals surface area contributed by atoms with Crippen LogP contribution in [0, 0.1) is 0 Å². The van der Waals surface area contributed by atoms with E-state index in [1.165, 1.54) is 0 Å². The summed E-state index contributed by atoms with van der Waals surface area (Å²) < 4.78 is 6.28. The van der Waals surface area contributed by atoms with Crippen LogP contribution in [-0.4, -0.2) is 30.8 Å². The molecule has 6 heteroatoms. The lowest BCUT2D eigenvalue weighted by Gasteiger charge is -2.23. The summed E-state index contributed by atoms with van der Waals surface area (Å²) in [5, 5.41) is 2.91. The number of hydrogen-bond acceptors (Lipinski definition) is 4. The SMILES string of the molecule is CC(C)(C)OC(=O)N[C@H]1CCN(c2cc(Br)ccc2N)C1. The van der Waals surface area contributed by atoms with Crippen LogP contribution >= 0.6 is 15.9 Å². The molecule has 1 saturated heterocycles. The second kappa shape index (κ2) is 6.13. The van der Waals surface area contributed by atoms with Crippen molar-refractivity contribution in [2.45, 2.75) is 38.8 Å². The van der Waals surface area contributed by atoms with Gasteiger partial charge in [0.05, 0.1) is 17.4 Å². The summed E-state index contributed by atoms with van der Waals surface area (Å²) in [4.78, 5) is 14.0. The number of nitrogens with one attached hydrogen (secondary N) is 1. The van der Waals surface area contributed by atoms with E-state index in [0.29, 0.717) is 0 Å². The Bertz CT molecular complexity index is 528. The molecule has 1 heterocycles. The predicted octanol–water partition coefficient (Wildman–Crippen LogP) is 3.13. The smallest absolute Gasteiger partial charge is 0.407 e. The minimum absolute atomic E-state index is 0.0817. The van der Waals surface area contributed by atoms with Crippen molar-refractivity contribution in [2.75, 3.05) is 23.7 Å². The van der Waals surface area contributed by atoms with Crippen LogP contribution in [0.3, 0.4) is 0 Å². The van der Waals surface area contributed by atoms with Crippen molar-refractivity contribution in [3.05, 3.63) is 22.7 Å². The van der Waals surface area contributed by atoms with Gasteiger partial charge in [0.2, 0.25) is 0 Å². The Labute approximate surface area is 134 Å². The van der Waals surface area contributed by atoms with Crippen molar-refractivity contribution in [3.8, 4) is 0 Å². The molecule has 1 aromatic carbocycles. The summed E-state index contributed by atoms with van der Waals surface area (Å²) in [7, 11) is 0. The van der Waals surface area contributed by atoms with Crippen molar-refractivity contribution >= 4 is 33.4 Å². The van der Waals surface area contributed by atoms with Crippen molar-refractivity contribution in [1.82, 2.24) is 5.32 Å². The van der Waals surface area contributed by atoms with E-state index < -0.39 is 5.60 Å². The number of rotatable bonds is 2. The van der Waals surface area contributed by atoms with Crippen LogP contribution in [-0.2, 0) is 4.74 Å². The summed E-state index contributed by atoms with van der Waals surface area (Å²) in [5.41, 5.74) is 7.29. The molecule has 0 aromatic heterocycles. The Morgan fingerprint density at radius 1 is 1.48 bits per heavy atom. The fourth-order valence-electron chi connectivity index (χ4n) is 2.36. The maximum absolute atomic E-state index is 11.8. The van der Waals surface area contributed by atoms with Crippen LogP contribution in [0.25, 0.3) is 0 Å².